The highest BCUT2D eigenvalue weighted by molar-refractivity contribution is 5.87. The van der Waals surface area contributed by atoms with Crippen LogP contribution in [-0.2, 0) is 15.0 Å². The Morgan fingerprint density at radius 2 is 1.79 bits per heavy atom. The molecule has 1 aliphatic rings. The van der Waals surface area contributed by atoms with Crippen LogP contribution in [0.2, 0.25) is 0 Å². The number of rotatable bonds is 6. The van der Waals surface area contributed by atoms with Crippen molar-refractivity contribution >= 4 is 11.9 Å². The summed E-state index contributed by atoms with van der Waals surface area (Å²) in [6.45, 7) is 8.94. The van der Waals surface area contributed by atoms with E-state index >= 15 is 0 Å². The van der Waals surface area contributed by atoms with Gasteiger partial charge in [-0.1, -0.05) is 63.2 Å². The van der Waals surface area contributed by atoms with Crippen LogP contribution in [0.4, 0.5) is 0 Å². The van der Waals surface area contributed by atoms with E-state index in [0.29, 0.717) is 12.3 Å². The van der Waals surface area contributed by atoms with Crippen molar-refractivity contribution < 1.29 is 14.3 Å². The van der Waals surface area contributed by atoms with Gasteiger partial charge in [0.2, 0.25) is 5.91 Å². The topological polar surface area (TPSA) is 46.6 Å². The Kier molecular flexibility index (Phi) is 5.87. The van der Waals surface area contributed by atoms with Gasteiger partial charge >= 0.3 is 5.97 Å². The van der Waals surface area contributed by atoms with E-state index in [0.717, 1.165) is 12.0 Å². The third-order valence-corrected chi connectivity index (χ3v) is 5.98. The van der Waals surface area contributed by atoms with E-state index in [1.54, 1.807) is 4.90 Å². The Morgan fingerprint density at radius 3 is 2.39 bits per heavy atom. The number of nitrogens with zero attached hydrogens (tertiary/aromatic N) is 1. The van der Waals surface area contributed by atoms with Crippen LogP contribution in [0.1, 0.15) is 57.7 Å². The van der Waals surface area contributed by atoms with Crippen molar-refractivity contribution in [3.05, 3.63) is 65.7 Å². The highest BCUT2D eigenvalue weighted by atomic mass is 16.5. The minimum absolute atomic E-state index is 0.00153. The molecule has 0 N–H and O–H groups in total. The summed E-state index contributed by atoms with van der Waals surface area (Å²) in [5.41, 5.74) is 2.38. The average Bonchev–Trinajstić information content (AvgIpc) is 3.10. The second kappa shape index (κ2) is 8.17. The lowest BCUT2D eigenvalue weighted by Crippen LogP contribution is -2.30. The van der Waals surface area contributed by atoms with Crippen LogP contribution in [0, 0.1) is 5.92 Å². The zero-order valence-corrected chi connectivity index (χ0v) is 17.1. The first kappa shape index (κ1) is 20.1. The fourth-order valence-corrected chi connectivity index (χ4v) is 3.55. The molecule has 2 aromatic carbocycles. The molecule has 0 saturated carbocycles. The van der Waals surface area contributed by atoms with Gasteiger partial charge in [-0.25, -0.2) is 0 Å². The van der Waals surface area contributed by atoms with E-state index in [1.165, 1.54) is 5.56 Å². The summed E-state index contributed by atoms with van der Waals surface area (Å²) in [6, 6.07) is 17.5. The van der Waals surface area contributed by atoms with Crippen LogP contribution in [0.25, 0.3) is 0 Å². The molecule has 2 aromatic rings. The highest BCUT2D eigenvalue weighted by Gasteiger charge is 2.38. The minimum Gasteiger partial charge on any atom is -0.426 e. The first-order valence-corrected chi connectivity index (χ1v) is 9.98. The van der Waals surface area contributed by atoms with E-state index in [1.807, 2.05) is 61.5 Å². The van der Waals surface area contributed by atoms with Gasteiger partial charge in [-0.2, -0.15) is 0 Å². The molecule has 1 amide bonds. The van der Waals surface area contributed by atoms with Crippen molar-refractivity contribution in [3.8, 4) is 5.75 Å². The van der Waals surface area contributed by atoms with Crippen LogP contribution in [-0.4, -0.2) is 23.3 Å². The standard InChI is InChI=1S/C24H29NO3/c1-5-24(3,4)20-11-13-21(14-12-20)28-23(27)19-15-22(26)25(16-19)17(2)18-9-7-6-8-10-18/h6-14,17,19H,5,15-16H2,1-4H3/t17-,19-/m1/s1. The Labute approximate surface area is 167 Å². The molecule has 1 aliphatic heterocycles. The summed E-state index contributed by atoms with van der Waals surface area (Å²) in [4.78, 5) is 26.8. The smallest absolute Gasteiger partial charge is 0.316 e. The Morgan fingerprint density at radius 1 is 1.14 bits per heavy atom. The molecular formula is C24H29NO3. The summed E-state index contributed by atoms with van der Waals surface area (Å²) < 4.78 is 5.56. The number of benzene rings is 2. The molecule has 1 heterocycles. The molecule has 4 heteroatoms. The quantitative estimate of drug-likeness (QED) is 0.530. The molecule has 2 atom stereocenters. The molecule has 0 aromatic heterocycles. The molecule has 1 fully saturated rings. The first-order valence-electron chi connectivity index (χ1n) is 9.98. The number of carbonyl (C=O) groups is 2. The number of carbonyl (C=O) groups excluding carboxylic acids is 2. The molecule has 28 heavy (non-hydrogen) atoms. The van der Waals surface area contributed by atoms with Crippen molar-refractivity contribution in [2.75, 3.05) is 6.54 Å². The normalized spacial score (nSPS) is 18.2. The van der Waals surface area contributed by atoms with Crippen LogP contribution in [0.3, 0.4) is 0 Å². The highest BCUT2D eigenvalue weighted by Crippen LogP contribution is 2.31. The van der Waals surface area contributed by atoms with E-state index in [2.05, 4.69) is 20.8 Å². The van der Waals surface area contributed by atoms with Gasteiger partial charge in [0, 0.05) is 13.0 Å². The third-order valence-electron chi connectivity index (χ3n) is 5.98. The second-order valence-corrected chi connectivity index (χ2v) is 8.22. The Balaban J connectivity index is 1.63. The predicted molar refractivity (Wildman–Crippen MR) is 110 cm³/mol. The second-order valence-electron chi connectivity index (χ2n) is 8.22. The lowest BCUT2D eigenvalue weighted by molar-refractivity contribution is -0.139. The molecule has 0 bridgehead atoms. The molecule has 148 valence electrons. The van der Waals surface area contributed by atoms with Gasteiger partial charge in [-0.05, 0) is 42.0 Å². The fourth-order valence-electron chi connectivity index (χ4n) is 3.55. The van der Waals surface area contributed by atoms with Crippen molar-refractivity contribution in [2.24, 2.45) is 5.92 Å². The van der Waals surface area contributed by atoms with Crippen molar-refractivity contribution in [1.82, 2.24) is 4.90 Å². The van der Waals surface area contributed by atoms with E-state index < -0.39 is 5.92 Å². The third kappa shape index (κ3) is 4.27. The number of esters is 1. The monoisotopic (exact) mass is 379 g/mol. The number of hydrogen-bond acceptors (Lipinski definition) is 3. The molecule has 0 radical (unpaired) electrons. The maximum atomic E-state index is 12.6. The summed E-state index contributed by atoms with van der Waals surface area (Å²) in [5.74, 6) is -0.231. The van der Waals surface area contributed by atoms with Crippen molar-refractivity contribution in [1.29, 1.82) is 0 Å². The van der Waals surface area contributed by atoms with E-state index in [4.69, 9.17) is 4.74 Å². The summed E-state index contributed by atoms with van der Waals surface area (Å²) in [6.07, 6.45) is 1.24. The van der Waals surface area contributed by atoms with Crippen LogP contribution < -0.4 is 4.74 Å². The van der Waals surface area contributed by atoms with Crippen molar-refractivity contribution in [3.63, 3.8) is 0 Å². The zero-order chi connectivity index (χ0) is 20.3. The SMILES string of the molecule is CCC(C)(C)c1ccc(OC(=O)[C@@H]2CC(=O)N([C@H](C)c3ccccc3)C2)cc1. The van der Waals surface area contributed by atoms with Gasteiger partial charge in [-0.15, -0.1) is 0 Å². The lowest BCUT2D eigenvalue weighted by Gasteiger charge is -2.25. The number of ether oxygens (including phenoxy) is 1. The van der Waals surface area contributed by atoms with Gasteiger partial charge in [0.1, 0.15) is 5.75 Å². The molecule has 3 rings (SSSR count). The number of likely N-dealkylation sites (tertiary alicyclic amines) is 1. The number of amides is 1. The van der Waals surface area contributed by atoms with Crippen LogP contribution in [0.5, 0.6) is 5.75 Å². The summed E-state index contributed by atoms with van der Waals surface area (Å²) in [7, 11) is 0. The maximum Gasteiger partial charge on any atom is 0.316 e. The Hall–Kier alpha value is -2.62. The van der Waals surface area contributed by atoms with Crippen LogP contribution >= 0.6 is 0 Å². The van der Waals surface area contributed by atoms with Gasteiger partial charge in [0.05, 0.1) is 12.0 Å². The fraction of sp³-hybridized carbons (Fsp3) is 0.417. The van der Waals surface area contributed by atoms with Crippen LogP contribution in [0.15, 0.2) is 54.6 Å². The lowest BCUT2D eigenvalue weighted by atomic mass is 9.82. The van der Waals surface area contributed by atoms with Gasteiger partial charge in [0.15, 0.2) is 0 Å². The Bertz CT molecular complexity index is 827. The molecule has 0 spiro atoms. The average molecular weight is 380 g/mol. The molecule has 0 aliphatic carbocycles. The zero-order valence-electron chi connectivity index (χ0n) is 17.1. The minimum atomic E-state index is -0.426. The first-order chi connectivity index (χ1) is 13.3. The van der Waals surface area contributed by atoms with Gasteiger partial charge in [-0.3, -0.25) is 9.59 Å². The molecule has 4 nitrogen and oxygen atoms in total. The predicted octanol–water partition coefficient (Wildman–Crippen LogP) is 4.89. The molecular weight excluding hydrogens is 350 g/mol. The number of hydrogen-bond donors (Lipinski definition) is 0. The maximum absolute atomic E-state index is 12.6. The molecule has 1 saturated heterocycles. The summed E-state index contributed by atoms with van der Waals surface area (Å²) in [5, 5.41) is 0. The van der Waals surface area contributed by atoms with Crippen molar-refractivity contribution in [2.45, 2.75) is 52.0 Å². The van der Waals surface area contributed by atoms with Gasteiger partial charge in [0.25, 0.3) is 0 Å². The van der Waals surface area contributed by atoms with Gasteiger partial charge < -0.3 is 9.64 Å². The summed E-state index contributed by atoms with van der Waals surface area (Å²) >= 11 is 0. The largest absolute Gasteiger partial charge is 0.426 e. The molecule has 0 unspecified atom stereocenters. The van der Waals surface area contributed by atoms with E-state index in [-0.39, 0.29) is 29.8 Å². The van der Waals surface area contributed by atoms with E-state index in [9.17, 15) is 9.59 Å².